The molecule has 0 saturated carbocycles. The molecule has 4 N–H and O–H groups in total. The van der Waals surface area contributed by atoms with Gasteiger partial charge in [-0.3, -0.25) is 9.59 Å². The summed E-state index contributed by atoms with van der Waals surface area (Å²) in [5.74, 6) is -0.681. The molecule has 1 heterocycles. The molecular weight excluding hydrogens is 346 g/mol. The Morgan fingerprint density at radius 2 is 1.63 bits per heavy atom. The first kappa shape index (κ1) is 18.4. The maximum absolute atomic E-state index is 12.1. The van der Waals surface area contributed by atoms with E-state index >= 15 is 0 Å². The Morgan fingerprint density at radius 3 is 2.33 bits per heavy atom. The molecule has 0 saturated heterocycles. The van der Waals surface area contributed by atoms with Crippen LogP contribution >= 0.6 is 0 Å². The first-order valence-electron chi connectivity index (χ1n) is 8.70. The van der Waals surface area contributed by atoms with Crippen molar-refractivity contribution in [2.75, 3.05) is 6.54 Å². The molecule has 1 atom stereocenters. The van der Waals surface area contributed by atoms with Gasteiger partial charge < -0.3 is 21.1 Å². The lowest BCUT2D eigenvalue weighted by molar-refractivity contribution is -0.127. The number of amides is 3. The molecule has 0 spiro atoms. The van der Waals surface area contributed by atoms with E-state index in [1.807, 2.05) is 48.5 Å². The molecule has 1 aliphatic rings. The van der Waals surface area contributed by atoms with Crippen LogP contribution in [0.4, 0.5) is 4.79 Å². The van der Waals surface area contributed by atoms with Gasteiger partial charge in [-0.05, 0) is 28.7 Å². The van der Waals surface area contributed by atoms with Gasteiger partial charge in [-0.2, -0.15) is 0 Å². The molecule has 0 radical (unpaired) electrons. The number of primary amides is 1. The highest BCUT2D eigenvalue weighted by Crippen LogP contribution is 2.23. The van der Waals surface area contributed by atoms with Gasteiger partial charge in [-0.1, -0.05) is 48.5 Å². The van der Waals surface area contributed by atoms with Crippen molar-refractivity contribution in [1.82, 2.24) is 10.6 Å². The minimum atomic E-state index is -0.980. The van der Waals surface area contributed by atoms with Gasteiger partial charge in [-0.15, -0.1) is 0 Å². The summed E-state index contributed by atoms with van der Waals surface area (Å²) in [4.78, 5) is 35.2. The molecule has 0 aromatic heterocycles. The molecule has 7 nitrogen and oxygen atoms in total. The second-order valence-corrected chi connectivity index (χ2v) is 6.37. The van der Waals surface area contributed by atoms with Crippen LogP contribution in [0.5, 0.6) is 0 Å². The number of nitrogens with two attached hydrogens (primary N) is 1. The van der Waals surface area contributed by atoms with Crippen LogP contribution in [0.25, 0.3) is 11.1 Å². The molecule has 1 unspecified atom stereocenters. The first-order valence-corrected chi connectivity index (χ1v) is 8.70. The van der Waals surface area contributed by atoms with Crippen LogP contribution in [0.2, 0.25) is 0 Å². The highest BCUT2D eigenvalue weighted by molar-refractivity contribution is 5.85. The second kappa shape index (κ2) is 8.35. The Morgan fingerprint density at radius 1 is 0.963 bits per heavy atom. The van der Waals surface area contributed by atoms with E-state index in [0.29, 0.717) is 6.42 Å². The molecule has 2 aromatic carbocycles. The number of rotatable bonds is 1. The van der Waals surface area contributed by atoms with Crippen molar-refractivity contribution in [3.8, 4) is 11.1 Å². The van der Waals surface area contributed by atoms with E-state index in [0.717, 1.165) is 22.3 Å². The number of ether oxygens (including phenoxy) is 1. The first-order chi connectivity index (χ1) is 13.0. The van der Waals surface area contributed by atoms with Gasteiger partial charge in [-0.25, -0.2) is 4.79 Å². The average Bonchev–Trinajstić information content (AvgIpc) is 2.64. The monoisotopic (exact) mass is 367 g/mol. The maximum Gasteiger partial charge on any atom is 0.406 e. The summed E-state index contributed by atoms with van der Waals surface area (Å²) >= 11 is 0. The minimum absolute atomic E-state index is 0.197. The molecule has 4 bridgehead atoms. The highest BCUT2D eigenvalue weighted by Gasteiger charge is 2.17. The summed E-state index contributed by atoms with van der Waals surface area (Å²) in [6.45, 7) is -0.197. The van der Waals surface area contributed by atoms with Gasteiger partial charge in [0, 0.05) is 12.8 Å². The highest BCUT2D eigenvalue weighted by atomic mass is 16.6. The van der Waals surface area contributed by atoms with E-state index in [2.05, 4.69) is 10.6 Å². The van der Waals surface area contributed by atoms with Crippen LogP contribution in [0.15, 0.2) is 48.5 Å². The Bertz CT molecular complexity index is 866. The largest absolute Gasteiger partial charge is 0.425 e. The van der Waals surface area contributed by atoms with Crippen molar-refractivity contribution >= 4 is 17.9 Å². The lowest BCUT2D eigenvalue weighted by atomic mass is 9.98. The van der Waals surface area contributed by atoms with Gasteiger partial charge in [0.15, 0.2) is 6.23 Å². The minimum Gasteiger partial charge on any atom is -0.425 e. The second-order valence-electron chi connectivity index (χ2n) is 6.37. The molecule has 0 aliphatic carbocycles. The number of hydrogen-bond donors (Lipinski definition) is 3. The third-order valence-corrected chi connectivity index (χ3v) is 4.28. The summed E-state index contributed by atoms with van der Waals surface area (Å²) in [6.07, 6.45) is -0.785. The lowest BCUT2D eigenvalue weighted by Crippen LogP contribution is -2.45. The zero-order chi connectivity index (χ0) is 19.2. The number of nitrogens with one attached hydrogen (secondary N) is 2. The SMILES string of the molecule is NC(=O)OC1Cc2cccc(c2)-c2cccc(c2)CCC(=O)NCC(=O)N1. The van der Waals surface area contributed by atoms with E-state index in [1.54, 1.807) is 0 Å². The zero-order valence-electron chi connectivity index (χ0n) is 14.7. The molecular formula is C20H21N3O4. The third-order valence-electron chi connectivity index (χ3n) is 4.28. The van der Waals surface area contributed by atoms with Crippen LogP contribution in [0.1, 0.15) is 17.5 Å². The van der Waals surface area contributed by atoms with Crippen LogP contribution in [0, 0.1) is 0 Å². The van der Waals surface area contributed by atoms with Crippen molar-refractivity contribution in [2.24, 2.45) is 5.73 Å². The summed E-state index contributed by atoms with van der Waals surface area (Å²) in [5, 5.41) is 5.14. The smallest absolute Gasteiger partial charge is 0.406 e. The number of hydrogen-bond acceptors (Lipinski definition) is 4. The van der Waals surface area contributed by atoms with Crippen LogP contribution in [-0.2, 0) is 27.2 Å². The predicted octanol–water partition coefficient (Wildman–Crippen LogP) is 1.50. The summed E-state index contributed by atoms with van der Waals surface area (Å²) in [7, 11) is 0. The van der Waals surface area contributed by atoms with Crippen molar-refractivity contribution < 1.29 is 19.1 Å². The molecule has 3 rings (SSSR count). The lowest BCUT2D eigenvalue weighted by Gasteiger charge is -2.19. The van der Waals surface area contributed by atoms with E-state index < -0.39 is 18.2 Å². The normalized spacial score (nSPS) is 17.7. The van der Waals surface area contributed by atoms with E-state index in [1.165, 1.54) is 0 Å². The average molecular weight is 367 g/mol. The molecule has 2 aromatic rings. The van der Waals surface area contributed by atoms with Crippen molar-refractivity contribution in [3.63, 3.8) is 0 Å². The molecule has 3 amide bonds. The van der Waals surface area contributed by atoms with Gasteiger partial charge in [0.1, 0.15) is 0 Å². The molecule has 27 heavy (non-hydrogen) atoms. The van der Waals surface area contributed by atoms with E-state index in [4.69, 9.17) is 10.5 Å². The molecule has 1 aliphatic heterocycles. The van der Waals surface area contributed by atoms with Gasteiger partial charge >= 0.3 is 6.09 Å². The summed E-state index contributed by atoms with van der Waals surface area (Å²) in [5.41, 5.74) is 9.06. The van der Waals surface area contributed by atoms with E-state index in [-0.39, 0.29) is 25.3 Å². The number of carbonyl (C=O) groups is 3. The van der Waals surface area contributed by atoms with Crippen LogP contribution < -0.4 is 16.4 Å². The fraction of sp³-hybridized carbons (Fsp3) is 0.250. The number of carbonyl (C=O) groups excluding carboxylic acids is 3. The van der Waals surface area contributed by atoms with Crippen LogP contribution in [-0.4, -0.2) is 30.7 Å². The zero-order valence-corrected chi connectivity index (χ0v) is 14.7. The van der Waals surface area contributed by atoms with Crippen molar-refractivity contribution in [3.05, 3.63) is 59.7 Å². The van der Waals surface area contributed by atoms with Gasteiger partial charge in [0.05, 0.1) is 6.54 Å². The van der Waals surface area contributed by atoms with Crippen molar-refractivity contribution in [2.45, 2.75) is 25.5 Å². The Balaban J connectivity index is 1.94. The Hall–Kier alpha value is -3.35. The number of fused-ring (bicyclic) bond motifs is 5. The number of aryl methyl sites for hydroxylation is 1. The fourth-order valence-electron chi connectivity index (χ4n) is 3.02. The summed E-state index contributed by atoms with van der Waals surface area (Å²) < 4.78 is 5.01. The molecule has 0 fully saturated rings. The number of benzene rings is 2. The third kappa shape index (κ3) is 5.31. The van der Waals surface area contributed by atoms with Crippen molar-refractivity contribution in [1.29, 1.82) is 0 Å². The van der Waals surface area contributed by atoms with E-state index in [9.17, 15) is 14.4 Å². The van der Waals surface area contributed by atoms with Gasteiger partial charge in [0.25, 0.3) is 0 Å². The fourth-order valence-corrected chi connectivity index (χ4v) is 3.02. The topological polar surface area (TPSA) is 111 Å². The maximum atomic E-state index is 12.1. The van der Waals surface area contributed by atoms with Crippen LogP contribution in [0.3, 0.4) is 0 Å². The quantitative estimate of drug-likeness (QED) is 0.709. The Labute approximate surface area is 156 Å². The molecule has 7 heteroatoms. The summed E-state index contributed by atoms with van der Waals surface area (Å²) in [6, 6.07) is 15.7. The predicted molar refractivity (Wildman–Crippen MR) is 99.5 cm³/mol. The van der Waals surface area contributed by atoms with Gasteiger partial charge in [0.2, 0.25) is 11.8 Å². The Kier molecular flexibility index (Phi) is 5.71. The molecule has 140 valence electrons. The standard InChI is InChI=1S/C20H21N3O4/c21-20(26)27-19-11-14-4-2-6-16(10-14)15-5-1-3-13(9-15)7-8-17(24)22-12-18(25)23-19/h1-6,9-10,19H,7-8,11-12H2,(H2,21,26)(H,22,24)(H,23,25).